The molecule has 1 N–H and O–H groups in total. The Morgan fingerprint density at radius 2 is 1.82 bits per heavy atom. The maximum Gasteiger partial charge on any atom is 0.264 e. The van der Waals surface area contributed by atoms with Crippen molar-refractivity contribution in [3.05, 3.63) is 99.8 Å². The zero-order valence-electron chi connectivity index (χ0n) is 21.2. The van der Waals surface area contributed by atoms with Crippen LogP contribution in [-0.4, -0.2) is 27.1 Å². The molecular formula is C29H29ClIN3O3S. The molecule has 9 heteroatoms. The molecule has 0 saturated carbocycles. The summed E-state index contributed by atoms with van der Waals surface area (Å²) >= 11 is 8.53. The Balaban J connectivity index is 1.55. The van der Waals surface area contributed by atoms with Gasteiger partial charge in [0, 0.05) is 10.6 Å². The van der Waals surface area contributed by atoms with Gasteiger partial charge in [-0.2, -0.15) is 0 Å². The van der Waals surface area contributed by atoms with Crippen molar-refractivity contribution in [2.45, 2.75) is 42.9 Å². The Morgan fingerprint density at radius 1 is 1.08 bits per heavy atom. The van der Waals surface area contributed by atoms with Crippen LogP contribution in [0.15, 0.2) is 66.7 Å². The number of unbranched alkanes of at least 4 members (excludes halogenated alkanes) is 1. The van der Waals surface area contributed by atoms with Crippen molar-refractivity contribution >= 4 is 73.3 Å². The zero-order chi connectivity index (χ0) is 27.3. The summed E-state index contributed by atoms with van der Waals surface area (Å²) in [5.74, 6) is 0.115. The second kappa shape index (κ2) is 12.4. The monoisotopic (exact) mass is 661 g/mol. The summed E-state index contributed by atoms with van der Waals surface area (Å²) in [6.45, 7) is 4.35. The number of halogens is 2. The van der Waals surface area contributed by atoms with E-state index in [2.05, 4.69) is 9.71 Å². The van der Waals surface area contributed by atoms with Gasteiger partial charge in [0.15, 0.2) is 0 Å². The Labute approximate surface area is 242 Å². The average Bonchev–Trinajstić information content (AvgIpc) is 3.21. The first-order chi connectivity index (χ1) is 18.2. The van der Waals surface area contributed by atoms with Crippen LogP contribution >= 0.6 is 34.2 Å². The van der Waals surface area contributed by atoms with E-state index >= 15 is 0 Å². The molecule has 0 spiro atoms. The van der Waals surface area contributed by atoms with Crippen LogP contribution in [-0.2, 0) is 16.6 Å². The number of rotatable bonds is 10. The van der Waals surface area contributed by atoms with Crippen molar-refractivity contribution in [2.24, 2.45) is 0 Å². The number of aryl methyl sites for hydroxylation is 1. The van der Waals surface area contributed by atoms with Crippen molar-refractivity contribution in [1.29, 1.82) is 0 Å². The second-order valence-corrected chi connectivity index (χ2v) is 13.7. The SMILES string of the molecule is CCCCC(I)S(=O)(=O)NC(=O)c1ccc2nc(C)n(Cc3ccc(C=Cc4ccccc4)cc3Cl)c2c1. The highest BCUT2D eigenvalue weighted by molar-refractivity contribution is 14.1. The normalized spacial score (nSPS) is 12.7. The van der Waals surface area contributed by atoms with E-state index in [0.717, 1.165) is 46.4 Å². The molecule has 0 radical (unpaired) electrons. The summed E-state index contributed by atoms with van der Waals surface area (Å²) in [4.78, 5) is 17.5. The number of nitrogens with zero attached hydrogens (tertiary/aromatic N) is 2. The van der Waals surface area contributed by atoms with Gasteiger partial charge in [0.05, 0.1) is 17.6 Å². The molecular weight excluding hydrogens is 633 g/mol. The number of aromatic nitrogens is 2. The molecule has 0 fully saturated rings. The fourth-order valence-corrected chi connectivity index (χ4v) is 6.13. The molecule has 1 amide bonds. The number of hydrogen-bond acceptors (Lipinski definition) is 4. The van der Waals surface area contributed by atoms with Crippen LogP contribution in [0.4, 0.5) is 0 Å². The highest BCUT2D eigenvalue weighted by atomic mass is 127. The summed E-state index contributed by atoms with van der Waals surface area (Å²) in [5.41, 5.74) is 4.71. The standard InChI is InChI=1S/C29H29ClIN3O3S/c1-3-4-10-28(31)38(36,37)33-29(35)23-15-16-26-27(18-23)34(20(2)32-26)19-24-14-13-22(17-25(24)30)12-11-21-8-6-5-7-9-21/h5-9,11-18,28H,3-4,10,19H2,1-2H3,(H,33,35). The zero-order valence-corrected chi connectivity index (χ0v) is 24.9. The van der Waals surface area contributed by atoms with E-state index in [9.17, 15) is 13.2 Å². The molecule has 0 saturated heterocycles. The van der Waals surface area contributed by atoms with Gasteiger partial charge in [-0.05, 0) is 54.3 Å². The van der Waals surface area contributed by atoms with Crippen molar-refractivity contribution in [3.63, 3.8) is 0 Å². The predicted molar refractivity (Wildman–Crippen MR) is 164 cm³/mol. The molecule has 38 heavy (non-hydrogen) atoms. The topological polar surface area (TPSA) is 81.1 Å². The molecule has 198 valence electrons. The summed E-state index contributed by atoms with van der Waals surface area (Å²) in [7, 11) is -3.78. The third-order valence-electron chi connectivity index (χ3n) is 6.23. The van der Waals surface area contributed by atoms with Gasteiger partial charge in [0.1, 0.15) is 9.08 Å². The number of benzene rings is 3. The van der Waals surface area contributed by atoms with Crippen molar-refractivity contribution in [2.75, 3.05) is 0 Å². The maximum atomic E-state index is 12.9. The van der Waals surface area contributed by atoms with E-state index in [-0.39, 0.29) is 5.56 Å². The minimum absolute atomic E-state index is 0.258. The molecule has 1 aromatic heterocycles. The van der Waals surface area contributed by atoms with Crippen LogP contribution in [0.25, 0.3) is 23.2 Å². The van der Waals surface area contributed by atoms with Crippen LogP contribution in [0.2, 0.25) is 5.02 Å². The number of alkyl halides is 1. The Morgan fingerprint density at radius 3 is 2.53 bits per heavy atom. The minimum Gasteiger partial charge on any atom is -0.324 e. The lowest BCUT2D eigenvalue weighted by atomic mass is 10.1. The minimum atomic E-state index is -3.78. The first kappa shape index (κ1) is 28.3. The van der Waals surface area contributed by atoms with E-state index in [4.69, 9.17) is 11.6 Å². The van der Waals surface area contributed by atoms with Gasteiger partial charge in [-0.25, -0.2) is 18.1 Å². The summed E-state index contributed by atoms with van der Waals surface area (Å²) in [6.07, 6.45) is 6.21. The van der Waals surface area contributed by atoms with E-state index in [1.54, 1.807) is 18.2 Å². The number of fused-ring (bicyclic) bond motifs is 1. The largest absolute Gasteiger partial charge is 0.324 e. The van der Waals surface area contributed by atoms with Crippen LogP contribution in [0.3, 0.4) is 0 Å². The van der Waals surface area contributed by atoms with Gasteiger partial charge in [-0.15, -0.1) is 0 Å². The number of imidazole rings is 1. The molecule has 0 aliphatic rings. The van der Waals surface area contributed by atoms with Gasteiger partial charge < -0.3 is 4.57 Å². The van der Waals surface area contributed by atoms with Crippen LogP contribution in [0.5, 0.6) is 0 Å². The lowest BCUT2D eigenvalue weighted by Crippen LogP contribution is -2.35. The molecule has 4 rings (SSSR count). The predicted octanol–water partition coefficient (Wildman–Crippen LogP) is 7.23. The fourth-order valence-electron chi connectivity index (χ4n) is 4.08. The average molecular weight is 662 g/mol. The van der Waals surface area contributed by atoms with E-state index in [1.807, 2.05) is 102 Å². The summed E-state index contributed by atoms with van der Waals surface area (Å²) < 4.78 is 28.8. The number of carbonyl (C=O) groups excluding carboxylic acids is 1. The van der Waals surface area contributed by atoms with Gasteiger partial charge in [0.25, 0.3) is 5.91 Å². The van der Waals surface area contributed by atoms with Crippen molar-refractivity contribution in [1.82, 2.24) is 14.3 Å². The molecule has 4 aromatic rings. The van der Waals surface area contributed by atoms with Gasteiger partial charge in [0.2, 0.25) is 10.0 Å². The summed E-state index contributed by atoms with van der Waals surface area (Å²) in [6, 6.07) is 21.0. The molecule has 0 aliphatic heterocycles. The first-order valence-electron chi connectivity index (χ1n) is 12.4. The van der Waals surface area contributed by atoms with E-state index in [1.165, 1.54) is 0 Å². The maximum absolute atomic E-state index is 12.9. The molecule has 1 unspecified atom stereocenters. The Kier molecular flexibility index (Phi) is 9.27. The van der Waals surface area contributed by atoms with Gasteiger partial charge >= 0.3 is 0 Å². The number of carbonyl (C=O) groups is 1. The van der Waals surface area contributed by atoms with Crippen molar-refractivity contribution in [3.8, 4) is 0 Å². The third-order valence-corrected chi connectivity index (χ3v) is 10.6. The highest BCUT2D eigenvalue weighted by Crippen LogP contribution is 2.25. The quantitative estimate of drug-likeness (QED) is 0.111. The lowest BCUT2D eigenvalue weighted by Gasteiger charge is -2.13. The van der Waals surface area contributed by atoms with Crippen LogP contribution in [0.1, 0.15) is 59.1 Å². The smallest absolute Gasteiger partial charge is 0.264 e. The number of sulfonamides is 1. The highest BCUT2D eigenvalue weighted by Gasteiger charge is 2.25. The molecule has 6 nitrogen and oxygen atoms in total. The lowest BCUT2D eigenvalue weighted by molar-refractivity contribution is 0.0981. The third kappa shape index (κ3) is 6.84. The number of amides is 1. The Hall–Kier alpha value is -2.69. The van der Waals surface area contributed by atoms with Crippen LogP contribution < -0.4 is 4.72 Å². The van der Waals surface area contributed by atoms with Gasteiger partial charge in [-0.3, -0.25) is 4.79 Å². The second-order valence-electron chi connectivity index (χ2n) is 9.07. The number of nitrogens with one attached hydrogen (secondary N) is 1. The molecule has 3 aromatic carbocycles. The van der Waals surface area contributed by atoms with E-state index in [0.29, 0.717) is 18.0 Å². The first-order valence-corrected chi connectivity index (χ1v) is 15.5. The Bertz CT molecular complexity index is 1580. The molecule has 0 aliphatic carbocycles. The van der Waals surface area contributed by atoms with Crippen molar-refractivity contribution < 1.29 is 13.2 Å². The molecule has 0 bridgehead atoms. The van der Waals surface area contributed by atoms with Crippen LogP contribution in [0, 0.1) is 6.92 Å². The number of hydrogen-bond donors (Lipinski definition) is 1. The van der Waals surface area contributed by atoms with E-state index < -0.39 is 19.2 Å². The molecule has 1 atom stereocenters. The van der Waals surface area contributed by atoms with Gasteiger partial charge in [-0.1, -0.05) is 109 Å². The molecule has 1 heterocycles. The fraction of sp³-hybridized carbons (Fsp3) is 0.241. The summed E-state index contributed by atoms with van der Waals surface area (Å²) in [5, 5.41) is 0.626.